The van der Waals surface area contributed by atoms with Crippen molar-refractivity contribution in [3.8, 4) is 0 Å². The van der Waals surface area contributed by atoms with Gasteiger partial charge in [-0.2, -0.15) is 11.8 Å². The molecule has 0 aliphatic carbocycles. The third-order valence-electron chi connectivity index (χ3n) is 3.88. The number of nitrogens with one attached hydrogen (secondary N) is 2. The molecule has 5 N–H and O–H groups in total. The van der Waals surface area contributed by atoms with E-state index in [0.29, 0.717) is 12.0 Å². The number of rotatable bonds is 10. The maximum absolute atomic E-state index is 12.4. The quantitative estimate of drug-likeness (QED) is 0.422. The van der Waals surface area contributed by atoms with Gasteiger partial charge < -0.3 is 26.4 Å². The van der Waals surface area contributed by atoms with Crippen molar-refractivity contribution in [3.05, 3.63) is 35.9 Å². The molecular weight excluding hydrogens is 368 g/mol. The lowest BCUT2D eigenvalue weighted by atomic mass is 10.1. The third kappa shape index (κ3) is 7.58. The fourth-order valence-corrected chi connectivity index (χ4v) is 2.79. The second-order valence-electron chi connectivity index (χ2n) is 6.25. The van der Waals surface area contributed by atoms with Crippen LogP contribution in [0.3, 0.4) is 0 Å². The summed E-state index contributed by atoms with van der Waals surface area (Å²) in [5, 5.41) is 14.9. The van der Waals surface area contributed by atoms with Crippen LogP contribution in [0.25, 0.3) is 0 Å². The van der Waals surface area contributed by atoms with Crippen molar-refractivity contribution in [2.45, 2.75) is 24.6 Å². The van der Waals surface area contributed by atoms with Crippen LogP contribution in [0, 0.1) is 0 Å². The molecule has 0 saturated heterocycles. The van der Waals surface area contributed by atoms with Gasteiger partial charge in [0.15, 0.2) is 0 Å². The summed E-state index contributed by atoms with van der Waals surface area (Å²) in [6.45, 7) is -0.366. The summed E-state index contributed by atoms with van der Waals surface area (Å²) in [4.78, 5) is 37.9. The van der Waals surface area contributed by atoms with Gasteiger partial charge in [-0.25, -0.2) is 0 Å². The van der Waals surface area contributed by atoms with Crippen LogP contribution in [0.5, 0.6) is 0 Å². The number of hydrogen-bond donors (Lipinski definition) is 4. The van der Waals surface area contributed by atoms with E-state index in [4.69, 9.17) is 5.73 Å². The minimum Gasteiger partial charge on any atom is -0.382 e. The zero-order valence-electron chi connectivity index (χ0n) is 15.8. The molecule has 9 heteroatoms. The molecule has 0 spiro atoms. The number of amides is 3. The van der Waals surface area contributed by atoms with Gasteiger partial charge in [0.1, 0.15) is 12.1 Å². The summed E-state index contributed by atoms with van der Waals surface area (Å²) in [7, 11) is 3.19. The van der Waals surface area contributed by atoms with Gasteiger partial charge in [-0.1, -0.05) is 30.3 Å². The Morgan fingerprint density at radius 2 is 1.85 bits per heavy atom. The first-order chi connectivity index (χ1) is 12.8. The highest BCUT2D eigenvalue weighted by atomic mass is 32.2. The van der Waals surface area contributed by atoms with Crippen LogP contribution in [0.4, 0.5) is 0 Å². The number of nitrogens with zero attached hydrogens (tertiary/aromatic N) is 1. The second kappa shape index (κ2) is 11.6. The van der Waals surface area contributed by atoms with Gasteiger partial charge in [0, 0.05) is 20.1 Å². The lowest BCUT2D eigenvalue weighted by Gasteiger charge is -2.22. The molecule has 0 fully saturated rings. The van der Waals surface area contributed by atoms with Crippen LogP contribution in [-0.2, 0) is 14.4 Å². The van der Waals surface area contributed by atoms with E-state index in [2.05, 4.69) is 10.6 Å². The van der Waals surface area contributed by atoms with Gasteiger partial charge in [-0.3, -0.25) is 14.4 Å². The summed E-state index contributed by atoms with van der Waals surface area (Å²) in [5.41, 5.74) is 6.40. The Balaban J connectivity index is 2.64. The van der Waals surface area contributed by atoms with Crippen molar-refractivity contribution >= 4 is 29.5 Å². The van der Waals surface area contributed by atoms with Gasteiger partial charge in [0.05, 0.1) is 6.54 Å². The monoisotopic (exact) mass is 396 g/mol. The summed E-state index contributed by atoms with van der Waals surface area (Å²) < 4.78 is 0. The van der Waals surface area contributed by atoms with Crippen molar-refractivity contribution in [1.29, 1.82) is 0 Å². The summed E-state index contributed by atoms with van der Waals surface area (Å²) in [5.74, 6) is -0.830. The lowest BCUT2D eigenvalue weighted by Crippen LogP contribution is -2.50. The molecule has 0 aliphatic heterocycles. The highest BCUT2D eigenvalue weighted by Crippen LogP contribution is 2.14. The van der Waals surface area contributed by atoms with Crippen LogP contribution >= 0.6 is 11.8 Å². The first kappa shape index (κ1) is 22.9. The molecule has 3 atom stereocenters. The van der Waals surface area contributed by atoms with Crippen LogP contribution < -0.4 is 16.4 Å². The number of hydrogen-bond acceptors (Lipinski definition) is 6. The molecule has 0 radical (unpaired) electrons. The van der Waals surface area contributed by atoms with Crippen molar-refractivity contribution in [2.75, 3.05) is 32.6 Å². The number of likely N-dealkylation sites (N-methyl/N-ethyl adjacent to an activating group) is 1. The molecule has 8 nitrogen and oxygen atoms in total. The lowest BCUT2D eigenvalue weighted by molar-refractivity contribution is -0.135. The van der Waals surface area contributed by atoms with Crippen molar-refractivity contribution < 1.29 is 19.5 Å². The van der Waals surface area contributed by atoms with Gasteiger partial charge in [-0.05, 0) is 24.0 Å². The van der Waals surface area contributed by atoms with E-state index in [9.17, 15) is 19.5 Å². The predicted octanol–water partition coefficient (Wildman–Crippen LogP) is -0.510. The number of benzene rings is 1. The van der Waals surface area contributed by atoms with Crippen molar-refractivity contribution in [3.63, 3.8) is 0 Å². The molecule has 150 valence electrons. The van der Waals surface area contributed by atoms with E-state index in [1.807, 2.05) is 12.3 Å². The number of carbonyl (C=O) groups excluding carboxylic acids is 3. The first-order valence-electron chi connectivity index (χ1n) is 8.53. The fraction of sp³-hybridized carbons (Fsp3) is 0.500. The molecule has 0 bridgehead atoms. The Kier molecular flexibility index (Phi) is 9.84. The maximum Gasteiger partial charge on any atom is 0.250 e. The zero-order chi connectivity index (χ0) is 20.4. The largest absolute Gasteiger partial charge is 0.382 e. The number of thioether (sulfide) groups is 1. The SMILES string of the molecule is CSCCC(N)C(O)C(=O)NCC(=O)N[C@H](C(=O)N(C)C)c1ccccc1. The topological polar surface area (TPSA) is 125 Å². The van der Waals surface area contributed by atoms with Crippen molar-refractivity contribution in [1.82, 2.24) is 15.5 Å². The van der Waals surface area contributed by atoms with Crippen LogP contribution in [0.2, 0.25) is 0 Å². The highest BCUT2D eigenvalue weighted by Gasteiger charge is 2.26. The normalized spacial score (nSPS) is 14.0. The highest BCUT2D eigenvalue weighted by molar-refractivity contribution is 7.98. The van der Waals surface area contributed by atoms with E-state index in [1.54, 1.807) is 50.1 Å². The molecule has 27 heavy (non-hydrogen) atoms. The summed E-state index contributed by atoms with van der Waals surface area (Å²) >= 11 is 1.56. The minimum absolute atomic E-state index is 0.292. The molecule has 1 aromatic carbocycles. The molecule has 0 heterocycles. The standard InChI is InChI=1S/C18H28N4O4S/c1-22(2)18(26)15(12-7-5-4-6-8-12)21-14(23)11-20-17(25)16(24)13(19)9-10-27-3/h4-8,13,15-16,24H,9-11,19H2,1-3H3,(H,20,25)(H,21,23)/t13?,15-,16?/m0/s1. The summed E-state index contributed by atoms with van der Waals surface area (Å²) in [6, 6.07) is 7.26. The minimum atomic E-state index is -1.39. The van der Waals surface area contributed by atoms with E-state index >= 15 is 0 Å². The maximum atomic E-state index is 12.4. The molecule has 0 aromatic heterocycles. The van der Waals surface area contributed by atoms with Gasteiger partial charge in [0.25, 0.3) is 5.91 Å². The summed E-state index contributed by atoms with van der Waals surface area (Å²) in [6.07, 6.45) is 0.995. The van der Waals surface area contributed by atoms with Crippen LogP contribution in [0.1, 0.15) is 18.0 Å². The number of nitrogens with two attached hydrogens (primary N) is 1. The van der Waals surface area contributed by atoms with E-state index in [-0.39, 0.29) is 12.5 Å². The molecule has 0 aliphatic rings. The Morgan fingerprint density at radius 1 is 1.22 bits per heavy atom. The Hall–Kier alpha value is -2.10. The average Bonchev–Trinajstić information content (AvgIpc) is 2.67. The smallest absolute Gasteiger partial charge is 0.250 e. The van der Waals surface area contributed by atoms with E-state index in [1.165, 1.54) is 4.90 Å². The molecule has 3 amide bonds. The third-order valence-corrected chi connectivity index (χ3v) is 4.52. The molecule has 2 unspecified atom stereocenters. The molecular formula is C18H28N4O4S. The van der Waals surface area contributed by atoms with Gasteiger partial charge >= 0.3 is 0 Å². The van der Waals surface area contributed by atoms with Crippen molar-refractivity contribution in [2.24, 2.45) is 5.73 Å². The predicted molar refractivity (Wildman–Crippen MR) is 106 cm³/mol. The number of aliphatic hydroxyl groups excluding tert-OH is 1. The Morgan fingerprint density at radius 3 is 2.41 bits per heavy atom. The Bertz CT molecular complexity index is 627. The second-order valence-corrected chi connectivity index (χ2v) is 7.24. The van der Waals surface area contributed by atoms with E-state index < -0.39 is 30.0 Å². The molecule has 1 rings (SSSR count). The fourth-order valence-electron chi connectivity index (χ4n) is 2.28. The van der Waals surface area contributed by atoms with Crippen LogP contribution in [0.15, 0.2) is 30.3 Å². The van der Waals surface area contributed by atoms with Gasteiger partial charge in [0.2, 0.25) is 11.8 Å². The Labute approximate surface area is 163 Å². The number of aliphatic hydroxyl groups is 1. The molecule has 1 aromatic rings. The zero-order valence-corrected chi connectivity index (χ0v) is 16.7. The number of carbonyl (C=O) groups is 3. The average molecular weight is 397 g/mol. The van der Waals surface area contributed by atoms with Crippen LogP contribution in [-0.4, -0.2) is 72.5 Å². The molecule has 0 saturated carbocycles. The first-order valence-corrected chi connectivity index (χ1v) is 9.93. The van der Waals surface area contributed by atoms with E-state index in [0.717, 1.165) is 5.75 Å². The van der Waals surface area contributed by atoms with Gasteiger partial charge in [-0.15, -0.1) is 0 Å².